The Morgan fingerprint density at radius 1 is 1.56 bits per heavy atom. The van der Waals surface area contributed by atoms with Crippen LogP contribution in [0.1, 0.15) is 19.4 Å². The molecule has 1 aromatic rings. The van der Waals surface area contributed by atoms with Crippen molar-refractivity contribution in [2.45, 2.75) is 30.2 Å². The highest BCUT2D eigenvalue weighted by Gasteiger charge is 2.11. The molecule has 0 aliphatic heterocycles. The summed E-state index contributed by atoms with van der Waals surface area (Å²) in [4.78, 5) is 4.14. The van der Waals surface area contributed by atoms with Crippen molar-refractivity contribution in [1.29, 1.82) is 0 Å². The molecule has 0 aliphatic rings. The summed E-state index contributed by atoms with van der Waals surface area (Å²) in [7, 11) is 0. The summed E-state index contributed by atoms with van der Waals surface area (Å²) in [5.41, 5.74) is 6.08. The summed E-state index contributed by atoms with van der Waals surface area (Å²) in [5.74, 6) is 0.0500. The molecule has 0 bridgehead atoms. The van der Waals surface area contributed by atoms with Gasteiger partial charge in [0.2, 0.25) is 0 Å². The highest BCUT2D eigenvalue weighted by Crippen LogP contribution is 2.23. The van der Waals surface area contributed by atoms with Crippen molar-refractivity contribution >= 4 is 17.6 Å². The summed E-state index contributed by atoms with van der Waals surface area (Å²) < 4.78 is 0. The molecule has 1 rings (SSSR count). The lowest BCUT2D eigenvalue weighted by Gasteiger charge is -2.13. The van der Waals surface area contributed by atoms with Gasteiger partial charge in [-0.25, -0.2) is 4.98 Å². The Morgan fingerprint density at radius 2 is 2.25 bits per heavy atom. The number of aromatic nitrogens is 1. The van der Waals surface area contributed by atoms with Crippen LogP contribution in [0, 0.1) is 0 Å². The van der Waals surface area contributed by atoms with Gasteiger partial charge in [-0.3, -0.25) is 0 Å². The van der Waals surface area contributed by atoms with E-state index in [2.05, 4.69) is 10.1 Å². The van der Waals surface area contributed by atoms with Crippen LogP contribution in [0.4, 0.5) is 0 Å². The van der Waals surface area contributed by atoms with E-state index in [9.17, 15) is 5.11 Å². The summed E-state index contributed by atoms with van der Waals surface area (Å²) >= 11 is 1.44. The number of pyridine rings is 1. The summed E-state index contributed by atoms with van der Waals surface area (Å²) in [6.45, 7) is 3.64. The molecule has 0 amide bonds. The van der Waals surface area contributed by atoms with Gasteiger partial charge in [-0.2, -0.15) is 0 Å². The van der Waals surface area contributed by atoms with Crippen molar-refractivity contribution in [1.82, 2.24) is 4.98 Å². The molecule has 2 unspecified atom stereocenters. The van der Waals surface area contributed by atoms with Crippen LogP contribution in [0.3, 0.4) is 0 Å². The molecule has 0 aromatic carbocycles. The molecular weight excluding hydrogens is 226 g/mol. The molecule has 0 fully saturated rings. The van der Waals surface area contributed by atoms with E-state index in [1.807, 2.05) is 6.92 Å². The molecule has 4 N–H and O–H groups in total. The second-order valence-electron chi connectivity index (χ2n) is 3.43. The average Bonchev–Trinajstić information content (AvgIpc) is 2.28. The Balaban J connectivity index is 2.83. The minimum absolute atomic E-state index is 0.0371. The second kappa shape index (κ2) is 5.72. The topological polar surface area (TPSA) is 91.7 Å². The average molecular weight is 241 g/mol. The number of nitrogens with zero attached hydrogens (tertiary/aromatic N) is 2. The van der Waals surface area contributed by atoms with Crippen LogP contribution >= 0.6 is 11.8 Å². The molecule has 0 spiro atoms. The number of rotatable bonds is 4. The van der Waals surface area contributed by atoms with Gasteiger partial charge in [0.05, 0.1) is 11.1 Å². The molecule has 0 aliphatic carbocycles. The number of thioether (sulfide) groups is 1. The van der Waals surface area contributed by atoms with Crippen LogP contribution in [0.25, 0.3) is 0 Å². The van der Waals surface area contributed by atoms with Crippen molar-refractivity contribution in [2.24, 2.45) is 10.9 Å². The molecular formula is C10H15N3O2S. The maximum absolute atomic E-state index is 9.37. The molecule has 88 valence electrons. The van der Waals surface area contributed by atoms with Gasteiger partial charge in [0, 0.05) is 17.0 Å². The van der Waals surface area contributed by atoms with E-state index in [1.54, 1.807) is 25.3 Å². The van der Waals surface area contributed by atoms with Crippen molar-refractivity contribution in [3.05, 3.63) is 23.9 Å². The molecule has 0 saturated heterocycles. The zero-order valence-corrected chi connectivity index (χ0v) is 9.98. The second-order valence-corrected chi connectivity index (χ2v) is 4.83. The summed E-state index contributed by atoms with van der Waals surface area (Å²) in [6.07, 6.45) is 1.17. The van der Waals surface area contributed by atoms with Crippen LogP contribution in [-0.2, 0) is 0 Å². The summed E-state index contributed by atoms with van der Waals surface area (Å²) in [6, 6.07) is 3.38. The van der Waals surface area contributed by atoms with Crippen LogP contribution in [0.15, 0.2) is 28.5 Å². The number of aliphatic hydroxyl groups is 1. The van der Waals surface area contributed by atoms with Crippen LogP contribution in [-0.4, -0.2) is 32.5 Å². The smallest absolute Gasteiger partial charge is 0.170 e. The van der Waals surface area contributed by atoms with Gasteiger partial charge in [0.1, 0.15) is 0 Å². The van der Waals surface area contributed by atoms with Gasteiger partial charge < -0.3 is 16.0 Å². The van der Waals surface area contributed by atoms with Crippen LogP contribution < -0.4 is 5.73 Å². The van der Waals surface area contributed by atoms with Crippen molar-refractivity contribution in [3.63, 3.8) is 0 Å². The fraction of sp³-hybridized carbons (Fsp3) is 0.400. The van der Waals surface area contributed by atoms with Crippen LogP contribution in [0.2, 0.25) is 0 Å². The Bertz CT molecular complexity index is 382. The van der Waals surface area contributed by atoms with Crippen molar-refractivity contribution in [2.75, 3.05) is 0 Å². The SMILES string of the molecule is CC(O)C(C)Sc1cc(/C(N)=N/O)ccn1. The van der Waals surface area contributed by atoms with E-state index in [4.69, 9.17) is 10.9 Å². The van der Waals surface area contributed by atoms with E-state index >= 15 is 0 Å². The Kier molecular flexibility index (Phi) is 4.57. The highest BCUT2D eigenvalue weighted by molar-refractivity contribution is 7.99. The quantitative estimate of drug-likeness (QED) is 0.241. The number of amidine groups is 1. The standard InChI is InChI=1S/C10H15N3O2S/c1-6(14)7(2)16-9-5-8(3-4-12-9)10(11)13-15/h3-7,14-15H,1-2H3,(H2,11,13). The first-order chi connectivity index (χ1) is 7.54. The molecule has 1 heterocycles. The molecule has 6 heteroatoms. The highest BCUT2D eigenvalue weighted by atomic mass is 32.2. The lowest BCUT2D eigenvalue weighted by molar-refractivity contribution is 0.196. The lowest BCUT2D eigenvalue weighted by Crippen LogP contribution is -2.16. The molecule has 5 nitrogen and oxygen atoms in total. The van der Waals surface area contributed by atoms with E-state index in [0.717, 1.165) is 5.03 Å². The number of aliphatic hydroxyl groups excluding tert-OH is 1. The van der Waals surface area contributed by atoms with Gasteiger partial charge in [-0.15, -0.1) is 11.8 Å². The Hall–Kier alpha value is -1.27. The number of oxime groups is 1. The number of nitrogens with two attached hydrogens (primary N) is 1. The van der Waals surface area contributed by atoms with Gasteiger partial charge >= 0.3 is 0 Å². The normalized spacial score (nSPS) is 15.8. The maximum Gasteiger partial charge on any atom is 0.170 e. The summed E-state index contributed by atoms with van der Waals surface area (Å²) in [5, 5.41) is 21.6. The molecule has 2 atom stereocenters. The first-order valence-electron chi connectivity index (χ1n) is 4.83. The van der Waals surface area contributed by atoms with Gasteiger partial charge in [-0.1, -0.05) is 12.1 Å². The zero-order valence-electron chi connectivity index (χ0n) is 9.16. The number of hydrogen-bond donors (Lipinski definition) is 3. The first-order valence-corrected chi connectivity index (χ1v) is 5.71. The van der Waals surface area contributed by atoms with Crippen LogP contribution in [0.5, 0.6) is 0 Å². The minimum Gasteiger partial charge on any atom is -0.409 e. The van der Waals surface area contributed by atoms with Crippen molar-refractivity contribution in [3.8, 4) is 0 Å². The van der Waals surface area contributed by atoms with Crippen molar-refractivity contribution < 1.29 is 10.3 Å². The lowest BCUT2D eigenvalue weighted by atomic mass is 10.2. The predicted molar refractivity (Wildman–Crippen MR) is 63.7 cm³/mol. The van der Waals surface area contributed by atoms with E-state index in [-0.39, 0.29) is 11.1 Å². The molecule has 16 heavy (non-hydrogen) atoms. The molecule has 1 aromatic heterocycles. The Labute approximate surface area is 98.4 Å². The van der Waals surface area contributed by atoms with E-state index in [1.165, 1.54) is 11.8 Å². The molecule has 0 saturated carbocycles. The van der Waals surface area contributed by atoms with Gasteiger partial charge in [0.15, 0.2) is 5.84 Å². The minimum atomic E-state index is -0.417. The first kappa shape index (κ1) is 12.8. The maximum atomic E-state index is 9.37. The van der Waals surface area contributed by atoms with Gasteiger partial charge in [-0.05, 0) is 19.1 Å². The van der Waals surface area contributed by atoms with E-state index < -0.39 is 6.10 Å². The fourth-order valence-corrected chi connectivity index (χ4v) is 1.87. The van der Waals surface area contributed by atoms with Gasteiger partial charge in [0.25, 0.3) is 0 Å². The largest absolute Gasteiger partial charge is 0.409 e. The monoisotopic (exact) mass is 241 g/mol. The van der Waals surface area contributed by atoms with E-state index in [0.29, 0.717) is 5.56 Å². The zero-order chi connectivity index (χ0) is 12.1. The number of hydrogen-bond acceptors (Lipinski definition) is 5. The molecule has 0 radical (unpaired) electrons. The fourth-order valence-electron chi connectivity index (χ4n) is 0.980. The third kappa shape index (κ3) is 3.39. The Morgan fingerprint density at radius 3 is 2.81 bits per heavy atom. The predicted octanol–water partition coefficient (Wildman–Crippen LogP) is 1.04. The third-order valence-corrected chi connectivity index (χ3v) is 3.35. The third-order valence-electron chi connectivity index (χ3n) is 2.12.